The van der Waals surface area contributed by atoms with Crippen LogP contribution in [0.2, 0.25) is 0 Å². The summed E-state index contributed by atoms with van der Waals surface area (Å²) in [6, 6.07) is 8.01. The lowest BCUT2D eigenvalue weighted by Gasteiger charge is -2.20. The number of carbonyl (C=O) groups excluding carboxylic acids is 2. The van der Waals surface area contributed by atoms with E-state index in [9.17, 15) is 9.59 Å². The van der Waals surface area contributed by atoms with Gasteiger partial charge in [-0.05, 0) is 6.92 Å². The molecule has 1 aromatic carbocycles. The Bertz CT molecular complexity index is 511. The van der Waals surface area contributed by atoms with Crippen molar-refractivity contribution in [2.75, 3.05) is 6.61 Å². The molecule has 0 saturated heterocycles. The topological polar surface area (TPSA) is 67.2 Å². The van der Waals surface area contributed by atoms with Crippen LogP contribution in [0.3, 0.4) is 0 Å². The molecule has 0 aliphatic heterocycles. The van der Waals surface area contributed by atoms with E-state index in [4.69, 9.17) is 44.9 Å². The lowest BCUT2D eigenvalue weighted by Crippen LogP contribution is -2.39. The Hall–Kier alpha value is -1.10. The van der Waals surface area contributed by atoms with Crippen molar-refractivity contribution in [1.82, 2.24) is 0 Å². The molecule has 0 spiro atoms. The maximum absolute atomic E-state index is 12.3. The molecule has 0 heterocycles. The van der Waals surface area contributed by atoms with Gasteiger partial charge in [0.1, 0.15) is 0 Å². The van der Waals surface area contributed by atoms with Gasteiger partial charge in [0.15, 0.2) is 11.7 Å². The quantitative estimate of drug-likeness (QED) is 0.294. The minimum Gasteiger partial charge on any atom is -0.465 e. The van der Waals surface area contributed by atoms with E-state index in [0.717, 1.165) is 0 Å². The van der Waals surface area contributed by atoms with Gasteiger partial charge >= 0.3 is 5.97 Å². The van der Waals surface area contributed by atoms with Gasteiger partial charge in [0, 0.05) is 5.56 Å². The predicted octanol–water partition coefficient (Wildman–Crippen LogP) is 3.44. The molecule has 0 saturated carbocycles. The number of Topliss-reactive ketones (excluding diaryl/α,β-unsaturated/α-hetero) is 1. The van der Waals surface area contributed by atoms with Gasteiger partial charge in [-0.1, -0.05) is 65.1 Å². The molecule has 0 unspecified atom stereocenters. The second kappa shape index (κ2) is 7.07. The molecular formula is C13H12Cl3NO3. The van der Waals surface area contributed by atoms with Crippen LogP contribution in [0.1, 0.15) is 17.3 Å². The maximum atomic E-state index is 12.3. The van der Waals surface area contributed by atoms with Crippen LogP contribution in [0.4, 0.5) is 0 Å². The minimum absolute atomic E-state index is 0.0601. The number of ether oxygens (including phenoxy) is 1. The average molecular weight is 337 g/mol. The smallest absolute Gasteiger partial charge is 0.322 e. The number of esters is 1. The number of alkyl halides is 3. The van der Waals surface area contributed by atoms with E-state index in [-0.39, 0.29) is 12.2 Å². The molecule has 0 fully saturated rings. The largest absolute Gasteiger partial charge is 0.465 e. The number of ketones is 1. The zero-order valence-corrected chi connectivity index (χ0v) is 12.8. The Morgan fingerprint density at radius 2 is 1.80 bits per heavy atom. The number of hydrogen-bond acceptors (Lipinski definition) is 4. The van der Waals surface area contributed by atoms with Crippen LogP contribution >= 0.6 is 34.8 Å². The molecule has 108 valence electrons. The fourth-order valence-corrected chi connectivity index (χ4v) is 1.84. The fourth-order valence-electron chi connectivity index (χ4n) is 1.51. The lowest BCUT2D eigenvalue weighted by atomic mass is 9.93. The van der Waals surface area contributed by atoms with E-state index in [2.05, 4.69) is 0 Å². The van der Waals surface area contributed by atoms with Gasteiger partial charge in [0.25, 0.3) is 0 Å². The monoisotopic (exact) mass is 335 g/mol. The van der Waals surface area contributed by atoms with Crippen molar-refractivity contribution in [1.29, 1.82) is 5.41 Å². The van der Waals surface area contributed by atoms with Crippen LogP contribution in [-0.2, 0) is 9.53 Å². The predicted molar refractivity (Wildman–Crippen MR) is 78.9 cm³/mol. The third-order valence-corrected chi connectivity index (χ3v) is 3.05. The Balaban J connectivity index is 3.15. The summed E-state index contributed by atoms with van der Waals surface area (Å²) in [5.41, 5.74) is -0.389. The molecule has 1 N–H and O–H groups in total. The molecule has 0 radical (unpaired) electrons. The van der Waals surface area contributed by atoms with Crippen LogP contribution in [0.25, 0.3) is 0 Å². The third kappa shape index (κ3) is 4.20. The molecule has 0 bridgehead atoms. The zero-order valence-electron chi connectivity index (χ0n) is 10.5. The summed E-state index contributed by atoms with van der Waals surface area (Å²) in [5.74, 6) is -3.11. The third-order valence-electron chi connectivity index (χ3n) is 2.44. The first-order chi connectivity index (χ1) is 9.29. The molecular weight excluding hydrogens is 325 g/mol. The molecule has 0 amide bonds. The van der Waals surface area contributed by atoms with Crippen LogP contribution in [0.15, 0.2) is 30.3 Å². The zero-order chi connectivity index (χ0) is 15.3. The van der Waals surface area contributed by atoms with Crippen molar-refractivity contribution < 1.29 is 14.3 Å². The number of carbonyl (C=O) groups is 2. The van der Waals surface area contributed by atoms with Gasteiger partial charge in [-0.25, -0.2) is 0 Å². The summed E-state index contributed by atoms with van der Waals surface area (Å²) in [5, 5.41) is 7.77. The first-order valence-corrected chi connectivity index (χ1v) is 6.84. The van der Waals surface area contributed by atoms with E-state index >= 15 is 0 Å². The molecule has 7 heteroatoms. The summed E-state index contributed by atoms with van der Waals surface area (Å²) in [7, 11) is 0. The number of halogens is 3. The highest BCUT2D eigenvalue weighted by Crippen LogP contribution is 2.32. The second-order valence-electron chi connectivity index (χ2n) is 3.83. The van der Waals surface area contributed by atoms with Crippen LogP contribution in [0, 0.1) is 11.3 Å². The Morgan fingerprint density at radius 1 is 1.25 bits per heavy atom. The molecule has 0 aliphatic rings. The SMILES string of the molecule is CCOC(=O)[C@@H](C(=N)C(Cl)(Cl)Cl)C(=O)c1ccccc1. The van der Waals surface area contributed by atoms with Crippen molar-refractivity contribution in [3.05, 3.63) is 35.9 Å². The maximum Gasteiger partial charge on any atom is 0.322 e. The van der Waals surface area contributed by atoms with Crippen molar-refractivity contribution in [3.8, 4) is 0 Å². The van der Waals surface area contributed by atoms with Crippen molar-refractivity contribution in [3.63, 3.8) is 0 Å². The molecule has 1 atom stereocenters. The van der Waals surface area contributed by atoms with E-state index in [1.165, 1.54) is 12.1 Å². The number of benzene rings is 1. The van der Waals surface area contributed by atoms with Crippen LogP contribution < -0.4 is 0 Å². The second-order valence-corrected chi connectivity index (χ2v) is 6.11. The molecule has 1 aromatic rings. The fraction of sp³-hybridized carbons (Fsp3) is 0.308. The van der Waals surface area contributed by atoms with E-state index in [1.54, 1.807) is 25.1 Å². The molecule has 1 rings (SSSR count). The lowest BCUT2D eigenvalue weighted by molar-refractivity contribution is -0.144. The average Bonchev–Trinajstić information content (AvgIpc) is 2.39. The van der Waals surface area contributed by atoms with Crippen LogP contribution in [-0.4, -0.2) is 27.9 Å². The highest BCUT2D eigenvalue weighted by atomic mass is 35.6. The normalized spacial score (nSPS) is 12.6. The van der Waals surface area contributed by atoms with E-state index < -0.39 is 27.2 Å². The Kier molecular flexibility index (Phi) is 5.99. The summed E-state index contributed by atoms with van der Waals surface area (Å²) in [4.78, 5) is 24.2. The minimum atomic E-state index is -2.15. The first kappa shape index (κ1) is 17.0. The van der Waals surface area contributed by atoms with Crippen molar-refractivity contribution in [2.24, 2.45) is 5.92 Å². The van der Waals surface area contributed by atoms with Crippen LogP contribution in [0.5, 0.6) is 0 Å². The molecule has 0 aliphatic carbocycles. The first-order valence-electron chi connectivity index (χ1n) is 5.70. The molecule has 4 nitrogen and oxygen atoms in total. The highest BCUT2D eigenvalue weighted by Gasteiger charge is 2.42. The van der Waals surface area contributed by atoms with Gasteiger partial charge < -0.3 is 10.1 Å². The molecule has 0 aromatic heterocycles. The Labute approximate surface area is 131 Å². The van der Waals surface area contributed by atoms with Crippen molar-refractivity contribution >= 4 is 52.3 Å². The standard InChI is InChI=1S/C13H12Cl3NO3/c1-2-20-12(19)9(11(17)13(14,15)16)10(18)8-6-4-3-5-7-8/h3-7,9,17H,2H2,1H3/t9-/m1/s1. The van der Waals surface area contributed by atoms with E-state index in [1.807, 2.05) is 0 Å². The van der Waals surface area contributed by atoms with Gasteiger partial charge in [-0.2, -0.15) is 0 Å². The van der Waals surface area contributed by atoms with Gasteiger partial charge in [-0.3, -0.25) is 9.59 Å². The number of hydrogen-bond donors (Lipinski definition) is 1. The van der Waals surface area contributed by atoms with Gasteiger partial charge in [0.2, 0.25) is 3.79 Å². The van der Waals surface area contributed by atoms with Gasteiger partial charge in [0.05, 0.1) is 12.3 Å². The highest BCUT2D eigenvalue weighted by molar-refractivity contribution is 6.77. The number of nitrogens with one attached hydrogen (secondary N) is 1. The summed E-state index contributed by atoms with van der Waals surface area (Å²) in [6.07, 6.45) is 0. The molecule has 20 heavy (non-hydrogen) atoms. The Morgan fingerprint density at radius 3 is 2.25 bits per heavy atom. The van der Waals surface area contributed by atoms with E-state index in [0.29, 0.717) is 0 Å². The van der Waals surface area contributed by atoms with Crippen molar-refractivity contribution in [2.45, 2.75) is 10.7 Å². The summed E-state index contributed by atoms with van der Waals surface area (Å²) in [6.45, 7) is 1.64. The number of rotatable bonds is 5. The summed E-state index contributed by atoms with van der Waals surface area (Å²) < 4.78 is 2.64. The van der Waals surface area contributed by atoms with Gasteiger partial charge in [-0.15, -0.1) is 0 Å². The summed E-state index contributed by atoms with van der Waals surface area (Å²) >= 11 is 16.8.